The Morgan fingerprint density at radius 1 is 1.32 bits per heavy atom. The summed E-state index contributed by atoms with van der Waals surface area (Å²) in [5.41, 5.74) is 0.704. The maximum atomic E-state index is 12.2. The maximum absolute atomic E-state index is 12.2. The molecule has 0 aliphatic carbocycles. The van der Waals surface area contributed by atoms with Crippen molar-refractivity contribution in [2.24, 2.45) is 0 Å². The number of nitrogens with zero attached hydrogens (tertiary/aromatic N) is 2. The molecule has 1 heterocycles. The fourth-order valence-corrected chi connectivity index (χ4v) is 3.13. The van der Waals surface area contributed by atoms with Crippen molar-refractivity contribution in [3.05, 3.63) is 46.4 Å². The van der Waals surface area contributed by atoms with E-state index in [4.69, 9.17) is 0 Å². The molecule has 0 saturated heterocycles. The first-order chi connectivity index (χ1) is 12.0. The Hall–Kier alpha value is -2.35. The molecule has 1 atom stereocenters. The van der Waals surface area contributed by atoms with Crippen molar-refractivity contribution in [2.45, 2.75) is 44.4 Å². The number of aromatic amines is 1. The number of aromatic nitrogens is 3. The Kier molecular flexibility index (Phi) is 7.00. The molecule has 1 aromatic carbocycles. The number of rotatable bonds is 9. The topological polar surface area (TPSA) is 96.8 Å². The number of carbonyl (C=O) groups excluding carboxylic acids is 2. The minimum Gasteiger partial charge on any atom is -0.345 e. The summed E-state index contributed by atoms with van der Waals surface area (Å²) in [6.45, 7) is 3.97. The summed E-state index contributed by atoms with van der Waals surface area (Å²) < 4.78 is 1.50. The van der Waals surface area contributed by atoms with Crippen LogP contribution in [0.15, 0.2) is 40.3 Å². The summed E-state index contributed by atoms with van der Waals surface area (Å²) in [5, 5.41) is 9.55. The molecule has 0 spiro atoms. The summed E-state index contributed by atoms with van der Waals surface area (Å²) in [6.07, 6.45) is 1.25. The monoisotopic (exact) mass is 362 g/mol. The number of hydrogen-bond donors (Lipinski definition) is 2. The van der Waals surface area contributed by atoms with Gasteiger partial charge in [0.25, 0.3) is 0 Å². The van der Waals surface area contributed by atoms with Gasteiger partial charge in [0.05, 0.1) is 11.8 Å². The Bertz CT molecular complexity index is 770. The fourth-order valence-electron chi connectivity index (χ4n) is 2.35. The van der Waals surface area contributed by atoms with Crippen molar-refractivity contribution in [3.8, 4) is 0 Å². The number of H-pyrrole nitrogens is 1. The van der Waals surface area contributed by atoms with E-state index in [-0.39, 0.29) is 23.1 Å². The van der Waals surface area contributed by atoms with Gasteiger partial charge in [-0.3, -0.25) is 14.2 Å². The van der Waals surface area contributed by atoms with E-state index in [1.54, 1.807) is 0 Å². The number of thioether (sulfide) groups is 1. The molecule has 134 valence electrons. The number of carbonyl (C=O) groups is 2. The van der Waals surface area contributed by atoms with E-state index in [0.717, 1.165) is 12.0 Å². The molecule has 2 rings (SSSR count). The van der Waals surface area contributed by atoms with Crippen LogP contribution in [0.3, 0.4) is 0 Å². The Balaban J connectivity index is 1.93. The molecule has 0 unspecified atom stereocenters. The lowest BCUT2D eigenvalue weighted by atomic mass is 10.0. The molecule has 0 aliphatic heterocycles. The lowest BCUT2D eigenvalue weighted by Gasteiger charge is -2.16. The Morgan fingerprint density at radius 3 is 2.68 bits per heavy atom. The number of nitrogens with one attached hydrogen (secondary N) is 2. The number of ketones is 1. The Labute approximate surface area is 150 Å². The average molecular weight is 362 g/mol. The predicted molar refractivity (Wildman–Crippen MR) is 96.6 cm³/mol. The van der Waals surface area contributed by atoms with Crippen molar-refractivity contribution >= 4 is 23.5 Å². The molecule has 25 heavy (non-hydrogen) atoms. The van der Waals surface area contributed by atoms with E-state index in [0.29, 0.717) is 18.1 Å². The molecule has 8 heteroatoms. The highest BCUT2D eigenvalue weighted by Crippen LogP contribution is 2.13. The van der Waals surface area contributed by atoms with Crippen molar-refractivity contribution < 1.29 is 9.59 Å². The summed E-state index contributed by atoms with van der Waals surface area (Å²) in [7, 11) is 0. The molecule has 0 radical (unpaired) electrons. The van der Waals surface area contributed by atoms with Gasteiger partial charge in [0.2, 0.25) is 5.91 Å². The van der Waals surface area contributed by atoms with Crippen LogP contribution in [-0.4, -0.2) is 38.2 Å². The molecule has 0 aliphatic rings. The summed E-state index contributed by atoms with van der Waals surface area (Å²) in [6, 6.07) is 8.98. The minimum atomic E-state index is -0.562. The molecule has 2 N–H and O–H groups in total. The SMILES string of the molecule is CCCn1c(SCC(=O)N[C@@H](Cc2ccccc2)C(C)=O)n[nH]c1=O. The first-order valence-corrected chi connectivity index (χ1v) is 9.11. The molecule has 0 fully saturated rings. The molecule has 0 saturated carbocycles. The minimum absolute atomic E-state index is 0.0899. The second-order valence-corrected chi connectivity index (χ2v) is 6.61. The van der Waals surface area contributed by atoms with Crippen molar-refractivity contribution in [3.63, 3.8) is 0 Å². The van der Waals surface area contributed by atoms with Crippen LogP contribution in [0.5, 0.6) is 0 Å². The molecule has 1 amide bonds. The molecule has 2 aromatic rings. The van der Waals surface area contributed by atoms with Crippen LogP contribution < -0.4 is 11.0 Å². The van der Waals surface area contributed by atoms with E-state index in [1.165, 1.54) is 23.3 Å². The third-order valence-electron chi connectivity index (χ3n) is 3.61. The van der Waals surface area contributed by atoms with Gasteiger partial charge in [-0.15, -0.1) is 5.10 Å². The smallest absolute Gasteiger partial charge is 0.343 e. The van der Waals surface area contributed by atoms with Crippen LogP contribution in [0.4, 0.5) is 0 Å². The van der Waals surface area contributed by atoms with Crippen molar-refractivity contribution in [1.29, 1.82) is 0 Å². The maximum Gasteiger partial charge on any atom is 0.343 e. The fraction of sp³-hybridized carbons (Fsp3) is 0.412. The third kappa shape index (κ3) is 5.60. The lowest BCUT2D eigenvalue weighted by molar-refractivity contribution is -0.125. The highest BCUT2D eigenvalue weighted by atomic mass is 32.2. The van der Waals surface area contributed by atoms with Gasteiger partial charge < -0.3 is 5.32 Å². The second-order valence-electron chi connectivity index (χ2n) is 5.67. The number of Topliss-reactive ketones (excluding diaryl/α,β-unsaturated/α-hetero) is 1. The van der Waals surface area contributed by atoms with E-state index in [2.05, 4.69) is 15.5 Å². The Morgan fingerprint density at radius 2 is 2.04 bits per heavy atom. The van der Waals surface area contributed by atoms with E-state index in [9.17, 15) is 14.4 Å². The van der Waals surface area contributed by atoms with Crippen molar-refractivity contribution in [1.82, 2.24) is 20.1 Å². The lowest BCUT2D eigenvalue weighted by Crippen LogP contribution is -2.42. The predicted octanol–water partition coefficient (Wildman–Crippen LogP) is 1.39. The van der Waals surface area contributed by atoms with Gasteiger partial charge in [0, 0.05) is 6.54 Å². The molecule has 1 aromatic heterocycles. The van der Waals surface area contributed by atoms with Gasteiger partial charge in [0.1, 0.15) is 0 Å². The summed E-state index contributed by atoms with van der Waals surface area (Å²) >= 11 is 1.17. The quantitative estimate of drug-likeness (QED) is 0.657. The van der Waals surface area contributed by atoms with Crippen LogP contribution in [0.25, 0.3) is 0 Å². The van der Waals surface area contributed by atoms with Crippen LogP contribution in [0.1, 0.15) is 25.8 Å². The van der Waals surface area contributed by atoms with Gasteiger partial charge in [-0.25, -0.2) is 9.89 Å². The summed E-state index contributed by atoms with van der Waals surface area (Å²) in [5.74, 6) is -0.267. The molecule has 0 bridgehead atoms. The van der Waals surface area contributed by atoms with Crippen LogP contribution in [0.2, 0.25) is 0 Å². The van der Waals surface area contributed by atoms with Gasteiger partial charge in [-0.1, -0.05) is 49.0 Å². The van der Waals surface area contributed by atoms with Gasteiger partial charge in [-0.2, -0.15) is 0 Å². The highest BCUT2D eigenvalue weighted by Gasteiger charge is 2.18. The van der Waals surface area contributed by atoms with Crippen LogP contribution in [-0.2, 0) is 22.6 Å². The van der Waals surface area contributed by atoms with Gasteiger partial charge in [0.15, 0.2) is 10.9 Å². The van der Waals surface area contributed by atoms with E-state index in [1.807, 2.05) is 37.3 Å². The zero-order valence-electron chi connectivity index (χ0n) is 14.3. The number of hydrogen-bond acceptors (Lipinski definition) is 5. The van der Waals surface area contributed by atoms with Crippen LogP contribution in [0, 0.1) is 0 Å². The second kappa shape index (κ2) is 9.22. The zero-order chi connectivity index (χ0) is 18.2. The largest absolute Gasteiger partial charge is 0.345 e. The third-order valence-corrected chi connectivity index (χ3v) is 4.59. The van der Waals surface area contributed by atoms with Gasteiger partial charge >= 0.3 is 5.69 Å². The van der Waals surface area contributed by atoms with Crippen LogP contribution >= 0.6 is 11.8 Å². The van der Waals surface area contributed by atoms with Crippen molar-refractivity contribution in [2.75, 3.05) is 5.75 Å². The molecule has 7 nitrogen and oxygen atoms in total. The number of benzene rings is 1. The average Bonchev–Trinajstić information content (AvgIpc) is 2.94. The first-order valence-electron chi connectivity index (χ1n) is 8.13. The first kappa shape index (κ1) is 19.0. The standard InChI is InChI=1S/C17H22N4O3S/c1-3-9-21-16(24)19-20-17(21)25-11-15(23)18-14(12(2)22)10-13-7-5-4-6-8-13/h4-8,14H,3,9-11H2,1-2H3,(H,18,23)(H,19,24)/t14-/m0/s1. The number of amides is 1. The molecular formula is C17H22N4O3S. The molecular weight excluding hydrogens is 340 g/mol. The highest BCUT2D eigenvalue weighted by molar-refractivity contribution is 7.99. The van der Waals surface area contributed by atoms with Gasteiger partial charge in [-0.05, 0) is 25.3 Å². The summed E-state index contributed by atoms with van der Waals surface area (Å²) in [4.78, 5) is 35.6. The zero-order valence-corrected chi connectivity index (χ0v) is 15.1. The van der Waals surface area contributed by atoms with E-state index < -0.39 is 6.04 Å². The normalized spacial score (nSPS) is 11.9. The van der Waals surface area contributed by atoms with E-state index >= 15 is 0 Å².